The molecule has 0 radical (unpaired) electrons. The maximum absolute atomic E-state index is 12.3. The van der Waals surface area contributed by atoms with Gasteiger partial charge in [0.15, 0.2) is 0 Å². The van der Waals surface area contributed by atoms with Gasteiger partial charge in [-0.15, -0.1) is 0 Å². The molecule has 1 fully saturated rings. The third-order valence-corrected chi connectivity index (χ3v) is 3.50. The number of urea groups is 1. The summed E-state index contributed by atoms with van der Waals surface area (Å²) in [7, 11) is 0. The molecule has 1 aliphatic heterocycles. The molecule has 2 aromatic rings. The lowest BCUT2D eigenvalue weighted by Crippen LogP contribution is -2.30. The van der Waals surface area contributed by atoms with E-state index < -0.39 is 6.03 Å². The van der Waals surface area contributed by atoms with Crippen molar-refractivity contribution >= 4 is 23.5 Å². The number of para-hydroxylation sites is 1. The van der Waals surface area contributed by atoms with Crippen molar-refractivity contribution in [3.8, 4) is 0 Å². The molecule has 2 aromatic carbocycles. The molecule has 0 unspecified atom stereocenters. The van der Waals surface area contributed by atoms with Crippen molar-refractivity contribution in [1.82, 2.24) is 10.2 Å². The van der Waals surface area contributed by atoms with Gasteiger partial charge in [0.2, 0.25) is 5.91 Å². The van der Waals surface area contributed by atoms with Crippen LogP contribution in [-0.2, 0) is 11.3 Å². The van der Waals surface area contributed by atoms with Crippen LogP contribution in [0.5, 0.6) is 0 Å². The quantitative estimate of drug-likeness (QED) is 0.848. The van der Waals surface area contributed by atoms with Crippen molar-refractivity contribution in [2.45, 2.75) is 6.54 Å². The summed E-state index contributed by atoms with van der Waals surface area (Å²) >= 11 is 0. The van der Waals surface area contributed by atoms with Gasteiger partial charge in [0.25, 0.3) is 5.91 Å². The minimum atomic E-state index is -0.408. The Balaban J connectivity index is 1.73. The van der Waals surface area contributed by atoms with Gasteiger partial charge in [-0.1, -0.05) is 30.3 Å². The summed E-state index contributed by atoms with van der Waals surface area (Å²) in [6.07, 6.45) is 0. The average molecular weight is 309 g/mol. The molecular formula is C17H15N3O3. The summed E-state index contributed by atoms with van der Waals surface area (Å²) in [5.74, 6) is -0.510. The number of benzene rings is 2. The Kier molecular flexibility index (Phi) is 4.05. The highest BCUT2D eigenvalue weighted by molar-refractivity contribution is 6.04. The van der Waals surface area contributed by atoms with E-state index in [1.807, 2.05) is 18.2 Å². The molecule has 3 rings (SSSR count). The molecule has 116 valence electrons. The van der Waals surface area contributed by atoms with Crippen LogP contribution in [0.4, 0.5) is 10.5 Å². The molecule has 0 aromatic heterocycles. The number of anilines is 1. The van der Waals surface area contributed by atoms with Crippen molar-refractivity contribution in [2.75, 3.05) is 11.9 Å². The van der Waals surface area contributed by atoms with E-state index in [9.17, 15) is 14.4 Å². The first-order valence-corrected chi connectivity index (χ1v) is 7.17. The van der Waals surface area contributed by atoms with Gasteiger partial charge < -0.3 is 10.6 Å². The number of imide groups is 1. The largest absolute Gasteiger partial charge is 0.329 e. The second-order valence-corrected chi connectivity index (χ2v) is 5.16. The van der Waals surface area contributed by atoms with E-state index in [1.54, 1.807) is 36.4 Å². The predicted octanol–water partition coefficient (Wildman–Crippen LogP) is 1.99. The number of hydrogen-bond acceptors (Lipinski definition) is 3. The molecule has 1 heterocycles. The van der Waals surface area contributed by atoms with Gasteiger partial charge in [0, 0.05) is 11.3 Å². The number of carbonyl (C=O) groups is 3. The van der Waals surface area contributed by atoms with Gasteiger partial charge in [0.1, 0.15) is 0 Å². The van der Waals surface area contributed by atoms with Gasteiger partial charge in [-0.25, -0.2) is 4.79 Å². The average Bonchev–Trinajstić information content (AvgIpc) is 2.88. The van der Waals surface area contributed by atoms with Crippen LogP contribution in [0.25, 0.3) is 0 Å². The van der Waals surface area contributed by atoms with Crippen LogP contribution in [-0.4, -0.2) is 29.3 Å². The van der Waals surface area contributed by atoms with Gasteiger partial charge in [-0.05, 0) is 29.8 Å². The van der Waals surface area contributed by atoms with Gasteiger partial charge >= 0.3 is 6.03 Å². The Hall–Kier alpha value is -3.15. The van der Waals surface area contributed by atoms with Crippen molar-refractivity contribution < 1.29 is 14.4 Å². The van der Waals surface area contributed by atoms with Crippen LogP contribution in [0.3, 0.4) is 0 Å². The molecule has 6 heteroatoms. The number of hydrogen-bond donors (Lipinski definition) is 2. The van der Waals surface area contributed by atoms with Gasteiger partial charge in [0.05, 0.1) is 13.1 Å². The molecule has 0 bridgehead atoms. The molecule has 0 atom stereocenters. The summed E-state index contributed by atoms with van der Waals surface area (Å²) in [6.45, 7) is 0.171. The first-order valence-electron chi connectivity index (χ1n) is 7.17. The van der Waals surface area contributed by atoms with Crippen molar-refractivity contribution in [1.29, 1.82) is 0 Å². The fourth-order valence-corrected chi connectivity index (χ4v) is 2.33. The highest BCUT2D eigenvalue weighted by atomic mass is 16.2. The normalized spacial score (nSPS) is 13.8. The standard InChI is InChI=1S/C17H15N3O3/c21-15-10-18-17(23)20(15)11-12-5-4-6-13(9-12)16(22)19-14-7-2-1-3-8-14/h1-9H,10-11H2,(H,18,23)(H,19,22). The van der Waals surface area contributed by atoms with Crippen LogP contribution < -0.4 is 10.6 Å². The lowest BCUT2D eigenvalue weighted by atomic mass is 10.1. The van der Waals surface area contributed by atoms with E-state index in [1.165, 1.54) is 0 Å². The van der Waals surface area contributed by atoms with Crippen LogP contribution >= 0.6 is 0 Å². The van der Waals surface area contributed by atoms with E-state index in [0.29, 0.717) is 11.3 Å². The third-order valence-electron chi connectivity index (χ3n) is 3.50. The molecule has 0 saturated carbocycles. The monoisotopic (exact) mass is 309 g/mol. The van der Waals surface area contributed by atoms with Crippen molar-refractivity contribution in [3.05, 3.63) is 65.7 Å². The first kappa shape index (κ1) is 14.8. The lowest BCUT2D eigenvalue weighted by Gasteiger charge is -2.13. The Morgan fingerprint density at radius 1 is 1.09 bits per heavy atom. The highest BCUT2D eigenvalue weighted by Gasteiger charge is 2.28. The van der Waals surface area contributed by atoms with E-state index in [4.69, 9.17) is 0 Å². The SMILES string of the molecule is O=C(Nc1ccccc1)c1cccc(CN2C(=O)CNC2=O)c1. The summed E-state index contributed by atoms with van der Waals surface area (Å²) in [5, 5.41) is 5.27. The zero-order valence-corrected chi connectivity index (χ0v) is 12.3. The molecule has 6 nitrogen and oxygen atoms in total. The second kappa shape index (κ2) is 6.31. The van der Waals surface area contributed by atoms with Crippen LogP contribution in [0, 0.1) is 0 Å². The summed E-state index contributed by atoms with van der Waals surface area (Å²) < 4.78 is 0. The van der Waals surface area contributed by atoms with E-state index in [2.05, 4.69) is 10.6 Å². The fourth-order valence-electron chi connectivity index (χ4n) is 2.33. The smallest absolute Gasteiger partial charge is 0.324 e. The Bertz CT molecular complexity index is 743. The molecule has 0 spiro atoms. The zero-order valence-electron chi connectivity index (χ0n) is 12.3. The molecule has 23 heavy (non-hydrogen) atoms. The molecule has 4 amide bonds. The van der Waals surface area contributed by atoms with E-state index >= 15 is 0 Å². The van der Waals surface area contributed by atoms with Crippen molar-refractivity contribution in [2.24, 2.45) is 0 Å². The first-order chi connectivity index (χ1) is 11.1. The van der Waals surface area contributed by atoms with Crippen LogP contribution in [0.15, 0.2) is 54.6 Å². The second-order valence-electron chi connectivity index (χ2n) is 5.16. The van der Waals surface area contributed by atoms with E-state index in [-0.39, 0.29) is 24.9 Å². The third kappa shape index (κ3) is 3.37. The molecule has 1 saturated heterocycles. The molecule has 2 N–H and O–H groups in total. The van der Waals surface area contributed by atoms with Crippen molar-refractivity contribution in [3.63, 3.8) is 0 Å². The van der Waals surface area contributed by atoms with Gasteiger partial charge in [-0.2, -0.15) is 0 Å². The highest BCUT2D eigenvalue weighted by Crippen LogP contribution is 2.13. The number of carbonyl (C=O) groups excluding carboxylic acids is 3. The molecular weight excluding hydrogens is 294 g/mol. The maximum atomic E-state index is 12.3. The van der Waals surface area contributed by atoms with E-state index in [0.717, 1.165) is 10.5 Å². The topological polar surface area (TPSA) is 78.5 Å². The summed E-state index contributed by atoms with van der Waals surface area (Å²) in [6, 6.07) is 15.6. The molecule has 1 aliphatic rings. The van der Waals surface area contributed by atoms with Gasteiger partial charge in [-0.3, -0.25) is 14.5 Å². The lowest BCUT2D eigenvalue weighted by molar-refractivity contribution is -0.125. The Morgan fingerprint density at radius 3 is 2.57 bits per heavy atom. The Labute approximate surface area is 133 Å². The number of nitrogens with one attached hydrogen (secondary N) is 2. The summed E-state index contributed by atoms with van der Waals surface area (Å²) in [5.41, 5.74) is 1.89. The maximum Gasteiger partial charge on any atom is 0.324 e. The fraction of sp³-hybridized carbons (Fsp3) is 0.118. The number of rotatable bonds is 4. The zero-order chi connectivity index (χ0) is 16.2. The minimum absolute atomic E-state index is 0.0209. The van der Waals surface area contributed by atoms with Crippen LogP contribution in [0.1, 0.15) is 15.9 Å². The minimum Gasteiger partial charge on any atom is -0.329 e. The number of nitrogens with zero attached hydrogens (tertiary/aromatic N) is 1. The number of amides is 4. The van der Waals surface area contributed by atoms with Crippen LogP contribution in [0.2, 0.25) is 0 Å². The predicted molar refractivity (Wildman–Crippen MR) is 84.8 cm³/mol. The molecule has 0 aliphatic carbocycles. The summed E-state index contributed by atoms with van der Waals surface area (Å²) in [4.78, 5) is 36.6. The Morgan fingerprint density at radius 2 is 1.87 bits per heavy atom.